The number of quaternary nitrogens is 1. The lowest BCUT2D eigenvalue weighted by Gasteiger charge is -2.37. The van der Waals surface area contributed by atoms with Crippen molar-refractivity contribution in [3.8, 4) is 0 Å². The first kappa shape index (κ1) is 19.4. The fraction of sp³-hybridized carbons (Fsp3) is 0.292. The van der Waals surface area contributed by atoms with Crippen LogP contribution < -0.4 is 4.48 Å². The lowest BCUT2D eigenvalue weighted by molar-refractivity contribution is -0.127. The van der Waals surface area contributed by atoms with E-state index in [1.54, 1.807) is 19.3 Å². The fourth-order valence-electron chi connectivity index (χ4n) is 4.46. The van der Waals surface area contributed by atoms with Crippen LogP contribution in [0.2, 0.25) is 0 Å². The Bertz CT molecular complexity index is 891. The van der Waals surface area contributed by atoms with E-state index in [4.69, 9.17) is 0 Å². The second-order valence-corrected chi connectivity index (χ2v) is 7.60. The quantitative estimate of drug-likeness (QED) is 0.600. The molecule has 3 aromatic rings. The van der Waals surface area contributed by atoms with E-state index in [-0.39, 0.29) is 16.4 Å². The van der Waals surface area contributed by atoms with Crippen molar-refractivity contribution in [3.63, 3.8) is 0 Å². The smallest absolute Gasteiger partial charge is 0.297 e. The Kier molecular flexibility index (Phi) is 5.79. The summed E-state index contributed by atoms with van der Waals surface area (Å²) in [6, 6.07) is 22.2. The van der Waals surface area contributed by atoms with Gasteiger partial charge in [0.05, 0.1) is 13.5 Å². The van der Waals surface area contributed by atoms with Gasteiger partial charge in [0, 0.05) is 44.0 Å². The molecule has 1 amide bonds. The average Bonchev–Trinajstić information content (AvgIpc) is 3.24. The number of hydrogen-bond acceptors (Lipinski definition) is 4. The topological polar surface area (TPSA) is 46.1 Å². The second-order valence-electron chi connectivity index (χ2n) is 7.60. The van der Waals surface area contributed by atoms with E-state index in [9.17, 15) is 4.79 Å². The summed E-state index contributed by atoms with van der Waals surface area (Å²) >= 11 is 0. The van der Waals surface area contributed by atoms with Crippen molar-refractivity contribution in [2.75, 3.05) is 19.6 Å². The highest BCUT2D eigenvalue weighted by atomic mass is 16.2. The first-order valence-electron chi connectivity index (χ1n) is 10.2. The molecule has 0 spiro atoms. The number of aromatic nitrogens is 2. The van der Waals surface area contributed by atoms with Crippen LogP contribution in [0.4, 0.5) is 11.6 Å². The highest BCUT2D eigenvalue weighted by Crippen LogP contribution is 2.38. The number of rotatable bonds is 6. The molecule has 5 heteroatoms. The third-order valence-corrected chi connectivity index (χ3v) is 5.87. The third kappa shape index (κ3) is 3.84. The molecule has 1 atom stereocenters. The maximum Gasteiger partial charge on any atom is 0.323 e. The fourth-order valence-corrected chi connectivity index (χ4v) is 4.46. The lowest BCUT2D eigenvalue weighted by atomic mass is 10.1. The standard InChI is InChI=1S/C24H27N4O/c1-20(29)28(23-11-5-7-15-25-23,24-12-6-8-16-26-24)22-14-18-27(19-22)17-13-21-9-3-2-4-10-21/h2-12,15-16,22H,13-14,17-19H2,1H3/q+1/t22-/m0/s1. The Balaban J connectivity index is 1.63. The molecule has 3 heterocycles. The van der Waals surface area contributed by atoms with Crippen molar-refractivity contribution in [1.29, 1.82) is 0 Å². The summed E-state index contributed by atoms with van der Waals surface area (Å²) in [5, 5.41) is 0. The zero-order chi connectivity index (χ0) is 20.1. The number of carbonyl (C=O) groups excluding carboxylic acids is 1. The zero-order valence-corrected chi connectivity index (χ0v) is 16.8. The van der Waals surface area contributed by atoms with E-state index in [0.717, 1.165) is 44.1 Å². The number of carbonyl (C=O) groups is 1. The van der Waals surface area contributed by atoms with Gasteiger partial charge in [-0.1, -0.05) is 42.5 Å². The van der Waals surface area contributed by atoms with Gasteiger partial charge in [-0.25, -0.2) is 14.8 Å². The summed E-state index contributed by atoms with van der Waals surface area (Å²) in [6.07, 6.45) is 5.47. The van der Waals surface area contributed by atoms with Crippen LogP contribution in [0.3, 0.4) is 0 Å². The van der Waals surface area contributed by atoms with E-state index in [2.05, 4.69) is 39.1 Å². The van der Waals surface area contributed by atoms with Gasteiger partial charge in [0.1, 0.15) is 6.04 Å². The van der Waals surface area contributed by atoms with Gasteiger partial charge in [0.15, 0.2) is 0 Å². The van der Waals surface area contributed by atoms with Crippen molar-refractivity contribution in [3.05, 3.63) is 84.7 Å². The molecule has 4 rings (SSSR count). The maximum absolute atomic E-state index is 13.2. The lowest BCUT2D eigenvalue weighted by Crippen LogP contribution is -2.58. The molecule has 0 bridgehead atoms. The SMILES string of the molecule is CC(=O)[N+](c1ccccn1)(c1ccccn1)[C@H]1CCN(CCc2ccccc2)C1. The van der Waals surface area contributed by atoms with Crippen LogP contribution in [0.5, 0.6) is 0 Å². The molecule has 1 aliphatic heterocycles. The summed E-state index contributed by atoms with van der Waals surface area (Å²) in [5.41, 5.74) is 1.35. The van der Waals surface area contributed by atoms with Crippen LogP contribution in [0, 0.1) is 0 Å². The Morgan fingerprint density at radius 2 is 1.59 bits per heavy atom. The molecule has 1 aromatic carbocycles. The van der Waals surface area contributed by atoms with Crippen molar-refractivity contribution in [2.24, 2.45) is 0 Å². The van der Waals surface area contributed by atoms with Crippen LogP contribution in [0.15, 0.2) is 79.1 Å². The molecule has 0 N–H and O–H groups in total. The molecule has 29 heavy (non-hydrogen) atoms. The molecule has 1 aliphatic rings. The highest BCUT2D eigenvalue weighted by molar-refractivity contribution is 5.92. The van der Waals surface area contributed by atoms with Crippen molar-refractivity contribution in [2.45, 2.75) is 25.8 Å². The molecule has 0 aliphatic carbocycles. The number of hydrogen-bond donors (Lipinski definition) is 0. The summed E-state index contributed by atoms with van der Waals surface area (Å²) in [4.78, 5) is 24.9. The summed E-state index contributed by atoms with van der Waals surface area (Å²) in [7, 11) is 0. The monoisotopic (exact) mass is 387 g/mol. The van der Waals surface area contributed by atoms with Gasteiger partial charge in [-0.15, -0.1) is 0 Å². The molecule has 5 nitrogen and oxygen atoms in total. The van der Waals surface area contributed by atoms with Gasteiger partial charge in [-0.3, -0.25) is 4.90 Å². The van der Waals surface area contributed by atoms with Gasteiger partial charge in [0.2, 0.25) is 11.6 Å². The molecular weight excluding hydrogens is 360 g/mol. The van der Waals surface area contributed by atoms with Crippen LogP contribution in [0.25, 0.3) is 0 Å². The highest BCUT2D eigenvalue weighted by Gasteiger charge is 2.51. The Labute approximate surface area is 172 Å². The molecule has 0 unspecified atom stereocenters. The van der Waals surface area contributed by atoms with Gasteiger partial charge in [-0.05, 0) is 24.1 Å². The molecule has 0 radical (unpaired) electrons. The second kappa shape index (κ2) is 8.64. The van der Waals surface area contributed by atoms with Crippen LogP contribution in [-0.4, -0.2) is 46.5 Å². The molecule has 148 valence electrons. The summed E-state index contributed by atoms with van der Waals surface area (Å²) in [6.45, 7) is 4.48. The Morgan fingerprint density at radius 1 is 0.966 bits per heavy atom. The third-order valence-electron chi connectivity index (χ3n) is 5.87. The minimum absolute atomic E-state index is 0.0531. The number of benzene rings is 1. The van der Waals surface area contributed by atoms with E-state index < -0.39 is 0 Å². The first-order chi connectivity index (χ1) is 14.2. The molecule has 1 fully saturated rings. The number of amides is 1. The Hall–Kier alpha value is -2.89. The molecule has 2 aromatic heterocycles. The summed E-state index contributed by atoms with van der Waals surface area (Å²) in [5.74, 6) is 1.54. The average molecular weight is 388 g/mol. The van der Waals surface area contributed by atoms with Gasteiger partial charge in [-0.2, -0.15) is 4.48 Å². The normalized spacial score (nSPS) is 17.3. The van der Waals surface area contributed by atoms with E-state index in [1.165, 1.54) is 5.56 Å². The molecule has 0 saturated carbocycles. The largest absolute Gasteiger partial charge is 0.323 e. The van der Waals surface area contributed by atoms with E-state index >= 15 is 0 Å². The summed E-state index contributed by atoms with van der Waals surface area (Å²) < 4.78 is 0.0729. The van der Waals surface area contributed by atoms with Crippen molar-refractivity contribution >= 4 is 17.5 Å². The van der Waals surface area contributed by atoms with Crippen LogP contribution in [0.1, 0.15) is 18.9 Å². The van der Waals surface area contributed by atoms with Crippen molar-refractivity contribution < 1.29 is 4.79 Å². The minimum atomic E-state index is 0.0531. The van der Waals surface area contributed by atoms with Gasteiger partial charge < -0.3 is 0 Å². The minimum Gasteiger partial charge on any atom is -0.297 e. The first-order valence-corrected chi connectivity index (χ1v) is 10.2. The van der Waals surface area contributed by atoms with E-state index in [0.29, 0.717) is 0 Å². The predicted octanol–water partition coefficient (Wildman–Crippen LogP) is 3.98. The number of likely N-dealkylation sites (tertiary alicyclic amines) is 1. The Morgan fingerprint density at radius 3 is 2.14 bits per heavy atom. The maximum atomic E-state index is 13.2. The van der Waals surface area contributed by atoms with Gasteiger partial charge in [0.25, 0.3) is 0 Å². The van der Waals surface area contributed by atoms with Crippen LogP contribution in [-0.2, 0) is 11.2 Å². The predicted molar refractivity (Wildman–Crippen MR) is 116 cm³/mol. The zero-order valence-electron chi connectivity index (χ0n) is 16.8. The van der Waals surface area contributed by atoms with Crippen molar-refractivity contribution in [1.82, 2.24) is 19.4 Å². The van der Waals surface area contributed by atoms with Crippen LogP contribution >= 0.6 is 0 Å². The van der Waals surface area contributed by atoms with Gasteiger partial charge >= 0.3 is 5.91 Å². The molecule has 1 saturated heterocycles. The molecular formula is C24H27N4O+. The van der Waals surface area contributed by atoms with E-state index in [1.807, 2.05) is 42.5 Å². The number of nitrogens with zero attached hydrogens (tertiary/aromatic N) is 4. The number of pyridine rings is 2.